The molecule has 114 valence electrons. The summed E-state index contributed by atoms with van der Waals surface area (Å²) in [5.41, 5.74) is -0.142. The Morgan fingerprint density at radius 2 is 1.90 bits per heavy atom. The molecule has 4 nitrogen and oxygen atoms in total. The quantitative estimate of drug-likeness (QED) is 0.744. The summed E-state index contributed by atoms with van der Waals surface area (Å²) in [7, 11) is 0. The van der Waals surface area contributed by atoms with E-state index < -0.39 is 0 Å². The first-order valence-corrected chi connectivity index (χ1v) is 8.09. The van der Waals surface area contributed by atoms with Gasteiger partial charge in [-0.25, -0.2) is 0 Å². The molecule has 0 bridgehead atoms. The van der Waals surface area contributed by atoms with E-state index in [9.17, 15) is 9.59 Å². The van der Waals surface area contributed by atoms with Crippen LogP contribution < -0.4 is 0 Å². The van der Waals surface area contributed by atoms with Crippen LogP contribution in [0.3, 0.4) is 0 Å². The van der Waals surface area contributed by atoms with Crippen LogP contribution in [0.2, 0.25) is 0 Å². The maximum Gasteiger partial charge on any atom is 0.310 e. The van der Waals surface area contributed by atoms with Crippen molar-refractivity contribution < 1.29 is 14.3 Å². The van der Waals surface area contributed by atoms with Crippen molar-refractivity contribution in [1.82, 2.24) is 4.90 Å². The smallest absolute Gasteiger partial charge is 0.310 e. The molecule has 0 aromatic rings. The third kappa shape index (κ3) is 2.99. The molecule has 1 saturated carbocycles. The van der Waals surface area contributed by atoms with Crippen molar-refractivity contribution in [3.05, 3.63) is 0 Å². The molecule has 20 heavy (non-hydrogen) atoms. The Hall–Kier alpha value is -1.06. The summed E-state index contributed by atoms with van der Waals surface area (Å²) >= 11 is 0. The fraction of sp³-hybridized carbons (Fsp3) is 0.875. The average Bonchev–Trinajstić information content (AvgIpc) is 2.97. The van der Waals surface area contributed by atoms with Crippen LogP contribution >= 0.6 is 0 Å². The molecule has 2 fully saturated rings. The minimum atomic E-state index is -0.142. The van der Waals surface area contributed by atoms with Crippen LogP contribution in [0.5, 0.6) is 0 Å². The van der Waals surface area contributed by atoms with Crippen LogP contribution in [-0.4, -0.2) is 36.5 Å². The third-order valence-corrected chi connectivity index (χ3v) is 5.02. The van der Waals surface area contributed by atoms with Crippen LogP contribution in [0.25, 0.3) is 0 Å². The molecule has 0 radical (unpaired) electrons. The van der Waals surface area contributed by atoms with Gasteiger partial charge >= 0.3 is 5.97 Å². The van der Waals surface area contributed by atoms with E-state index in [1.165, 1.54) is 0 Å². The number of rotatable bonds is 4. The van der Waals surface area contributed by atoms with Crippen molar-refractivity contribution in [1.29, 1.82) is 0 Å². The number of nitrogens with zero attached hydrogens (tertiary/aromatic N) is 1. The number of esters is 1. The van der Waals surface area contributed by atoms with Crippen LogP contribution in [-0.2, 0) is 14.3 Å². The maximum absolute atomic E-state index is 12.9. The first-order chi connectivity index (χ1) is 9.63. The number of amides is 1. The second-order valence-electron chi connectivity index (χ2n) is 6.18. The van der Waals surface area contributed by atoms with Crippen molar-refractivity contribution >= 4 is 11.9 Å². The Morgan fingerprint density at radius 3 is 2.50 bits per heavy atom. The molecule has 0 aromatic heterocycles. The minimum Gasteiger partial charge on any atom is -0.466 e. The summed E-state index contributed by atoms with van der Waals surface area (Å²) in [5, 5.41) is 0. The van der Waals surface area contributed by atoms with Gasteiger partial charge in [0.2, 0.25) is 5.91 Å². The molecule has 0 aromatic carbocycles. The van der Waals surface area contributed by atoms with E-state index in [4.69, 9.17) is 4.74 Å². The molecule has 0 N–H and O–H groups in total. The SMILES string of the molecule is CCOC(=O)[C@@H]1CCCN(C(=O)C2(CC)CCCC2)C1. The number of likely N-dealkylation sites (tertiary alicyclic amines) is 1. The minimum absolute atomic E-state index is 0.122. The number of carbonyl (C=O) groups excluding carboxylic acids is 2. The number of hydrogen-bond donors (Lipinski definition) is 0. The normalized spacial score (nSPS) is 25.5. The van der Waals surface area contributed by atoms with Gasteiger partial charge in [-0.1, -0.05) is 19.8 Å². The van der Waals surface area contributed by atoms with Crippen LogP contribution in [0.15, 0.2) is 0 Å². The molecule has 0 spiro atoms. The lowest BCUT2D eigenvalue weighted by atomic mass is 9.81. The lowest BCUT2D eigenvalue weighted by Gasteiger charge is -2.38. The van der Waals surface area contributed by atoms with Crippen molar-refractivity contribution in [2.24, 2.45) is 11.3 Å². The predicted molar refractivity (Wildman–Crippen MR) is 77.1 cm³/mol. The summed E-state index contributed by atoms with van der Waals surface area (Å²) in [4.78, 5) is 26.7. The Morgan fingerprint density at radius 1 is 1.20 bits per heavy atom. The van der Waals surface area contributed by atoms with Gasteiger partial charge < -0.3 is 9.64 Å². The van der Waals surface area contributed by atoms with E-state index in [1.54, 1.807) is 0 Å². The Bertz CT molecular complexity index is 361. The summed E-state index contributed by atoms with van der Waals surface area (Å²) in [5.74, 6) is 0.0245. The largest absolute Gasteiger partial charge is 0.466 e. The molecule has 1 aliphatic heterocycles. The van der Waals surface area contributed by atoms with Crippen molar-refractivity contribution in [3.8, 4) is 0 Å². The lowest BCUT2D eigenvalue weighted by Crippen LogP contribution is -2.48. The Labute approximate surface area is 121 Å². The first-order valence-electron chi connectivity index (χ1n) is 8.09. The van der Waals surface area contributed by atoms with Gasteiger partial charge in [-0.15, -0.1) is 0 Å². The van der Waals surface area contributed by atoms with Crippen molar-refractivity contribution in [2.75, 3.05) is 19.7 Å². The average molecular weight is 281 g/mol. The van der Waals surface area contributed by atoms with Crippen molar-refractivity contribution in [3.63, 3.8) is 0 Å². The van der Waals surface area contributed by atoms with E-state index in [-0.39, 0.29) is 23.2 Å². The van der Waals surface area contributed by atoms with Gasteiger partial charge in [0.05, 0.1) is 12.5 Å². The fourth-order valence-corrected chi connectivity index (χ4v) is 3.72. The highest BCUT2D eigenvalue weighted by molar-refractivity contribution is 5.84. The molecular formula is C16H27NO3. The number of piperidine rings is 1. The van der Waals surface area contributed by atoms with E-state index in [0.29, 0.717) is 13.2 Å². The van der Waals surface area contributed by atoms with Gasteiger partial charge in [-0.3, -0.25) is 9.59 Å². The molecule has 2 rings (SSSR count). The summed E-state index contributed by atoms with van der Waals surface area (Å²) in [6.07, 6.45) is 7.04. The monoisotopic (exact) mass is 281 g/mol. The highest BCUT2D eigenvalue weighted by atomic mass is 16.5. The Balaban J connectivity index is 2.01. The molecular weight excluding hydrogens is 254 g/mol. The second kappa shape index (κ2) is 6.59. The van der Waals surface area contributed by atoms with E-state index >= 15 is 0 Å². The van der Waals surface area contributed by atoms with Crippen molar-refractivity contribution in [2.45, 2.75) is 58.8 Å². The maximum atomic E-state index is 12.9. The second-order valence-corrected chi connectivity index (χ2v) is 6.18. The number of hydrogen-bond acceptors (Lipinski definition) is 3. The molecule has 4 heteroatoms. The van der Waals surface area contributed by atoms with Gasteiger partial charge in [-0.05, 0) is 39.0 Å². The van der Waals surface area contributed by atoms with E-state index in [2.05, 4.69) is 6.92 Å². The van der Waals surface area contributed by atoms with Gasteiger partial charge in [-0.2, -0.15) is 0 Å². The van der Waals surface area contributed by atoms with Gasteiger partial charge in [0.25, 0.3) is 0 Å². The van der Waals surface area contributed by atoms with Crippen LogP contribution in [0, 0.1) is 11.3 Å². The number of carbonyl (C=O) groups is 2. The Kier molecular flexibility index (Phi) is 5.06. The molecule has 2 aliphatic rings. The standard InChI is InChI=1S/C16H27NO3/c1-3-16(9-5-6-10-16)15(19)17-11-7-8-13(12-17)14(18)20-4-2/h13H,3-12H2,1-2H3/t13-/m1/s1. The predicted octanol–water partition coefficient (Wildman–Crippen LogP) is 2.76. The van der Waals surface area contributed by atoms with Crippen LogP contribution in [0.1, 0.15) is 58.8 Å². The molecule has 1 saturated heterocycles. The van der Waals surface area contributed by atoms with Gasteiger partial charge in [0, 0.05) is 18.5 Å². The number of ether oxygens (including phenoxy) is 1. The van der Waals surface area contributed by atoms with E-state index in [0.717, 1.165) is 51.5 Å². The molecule has 1 amide bonds. The topological polar surface area (TPSA) is 46.6 Å². The summed E-state index contributed by atoms with van der Waals surface area (Å²) < 4.78 is 5.11. The van der Waals surface area contributed by atoms with Gasteiger partial charge in [0.1, 0.15) is 0 Å². The first kappa shape index (κ1) is 15.3. The molecule has 0 unspecified atom stereocenters. The highest BCUT2D eigenvalue weighted by Gasteiger charge is 2.43. The van der Waals surface area contributed by atoms with Crippen LogP contribution in [0.4, 0.5) is 0 Å². The zero-order chi connectivity index (χ0) is 14.6. The molecule has 1 aliphatic carbocycles. The summed E-state index contributed by atoms with van der Waals surface area (Å²) in [6, 6.07) is 0. The lowest BCUT2D eigenvalue weighted by molar-refractivity contribution is -0.153. The summed E-state index contributed by atoms with van der Waals surface area (Å²) in [6.45, 7) is 5.72. The van der Waals surface area contributed by atoms with E-state index in [1.807, 2.05) is 11.8 Å². The molecule has 1 heterocycles. The highest BCUT2D eigenvalue weighted by Crippen LogP contribution is 2.43. The van der Waals surface area contributed by atoms with Gasteiger partial charge in [0.15, 0.2) is 0 Å². The molecule has 1 atom stereocenters. The zero-order valence-electron chi connectivity index (χ0n) is 12.8. The third-order valence-electron chi connectivity index (χ3n) is 5.02. The fourth-order valence-electron chi connectivity index (χ4n) is 3.72. The zero-order valence-corrected chi connectivity index (χ0v) is 12.8.